The summed E-state index contributed by atoms with van der Waals surface area (Å²) in [6, 6.07) is 2.15. The lowest BCUT2D eigenvalue weighted by Crippen LogP contribution is -2.27. The van der Waals surface area contributed by atoms with Gasteiger partial charge in [0.15, 0.2) is 0 Å². The summed E-state index contributed by atoms with van der Waals surface area (Å²) < 4.78 is 6.68. The van der Waals surface area contributed by atoms with Gasteiger partial charge in [0.2, 0.25) is 0 Å². The second-order valence-electron chi connectivity index (χ2n) is 4.77. The smallest absolute Gasteiger partial charge is 0.136 e. The second kappa shape index (κ2) is 5.40. The first-order valence-electron chi connectivity index (χ1n) is 6.19. The van der Waals surface area contributed by atoms with Crippen LogP contribution in [0.5, 0.6) is 5.75 Å². The molecule has 17 heavy (non-hydrogen) atoms. The van der Waals surface area contributed by atoms with E-state index in [0.29, 0.717) is 5.92 Å². The molecule has 0 atom stereocenters. The van der Waals surface area contributed by atoms with Gasteiger partial charge in [-0.1, -0.05) is 0 Å². The van der Waals surface area contributed by atoms with E-state index in [2.05, 4.69) is 41.2 Å². The highest BCUT2D eigenvalue weighted by molar-refractivity contribution is 9.10. The van der Waals surface area contributed by atoms with Gasteiger partial charge in [0.1, 0.15) is 5.75 Å². The Hall–Kier alpha value is -0.540. The summed E-state index contributed by atoms with van der Waals surface area (Å²) in [6.45, 7) is 6.60. The molecule has 2 rings (SSSR count). The normalized spacial score (nSPS) is 17.2. The fraction of sp³-hybridized carbons (Fsp3) is 0.571. The molecule has 1 N–H and O–H groups in total. The van der Waals surface area contributed by atoms with E-state index in [1.807, 2.05) is 0 Å². The van der Waals surface area contributed by atoms with Gasteiger partial charge in [-0.05, 0) is 78.8 Å². The quantitative estimate of drug-likeness (QED) is 0.901. The van der Waals surface area contributed by atoms with Crippen LogP contribution >= 0.6 is 15.9 Å². The maximum Gasteiger partial charge on any atom is 0.136 e. The number of ether oxygens (including phenoxy) is 1. The molecule has 1 aromatic carbocycles. The highest BCUT2D eigenvalue weighted by atomic mass is 79.9. The van der Waals surface area contributed by atoms with Crippen molar-refractivity contribution in [2.45, 2.75) is 32.6 Å². The van der Waals surface area contributed by atoms with Crippen LogP contribution in [0.15, 0.2) is 10.5 Å². The van der Waals surface area contributed by atoms with Crippen molar-refractivity contribution in [2.75, 3.05) is 20.2 Å². The van der Waals surface area contributed by atoms with E-state index in [0.717, 1.165) is 23.3 Å². The van der Waals surface area contributed by atoms with E-state index in [-0.39, 0.29) is 0 Å². The van der Waals surface area contributed by atoms with Gasteiger partial charge in [-0.2, -0.15) is 0 Å². The van der Waals surface area contributed by atoms with E-state index >= 15 is 0 Å². The molecule has 1 aromatic rings. The zero-order valence-electron chi connectivity index (χ0n) is 10.8. The van der Waals surface area contributed by atoms with Crippen molar-refractivity contribution in [3.63, 3.8) is 0 Å². The van der Waals surface area contributed by atoms with Gasteiger partial charge in [0, 0.05) is 5.56 Å². The zero-order chi connectivity index (χ0) is 12.4. The Bertz CT molecular complexity index is 411. The first kappa shape index (κ1) is 12.9. The predicted molar refractivity (Wildman–Crippen MR) is 75.0 cm³/mol. The molecule has 1 saturated heterocycles. The molecule has 1 aliphatic rings. The fourth-order valence-electron chi connectivity index (χ4n) is 2.68. The summed E-state index contributed by atoms with van der Waals surface area (Å²) in [5.41, 5.74) is 4.13. The monoisotopic (exact) mass is 297 g/mol. The SMILES string of the molecule is COc1c(Br)cc(C)c(C)c1C1CCNCC1. The molecule has 0 unspecified atom stereocenters. The van der Waals surface area contributed by atoms with Crippen LogP contribution in [0.25, 0.3) is 0 Å². The number of hydrogen-bond donors (Lipinski definition) is 1. The van der Waals surface area contributed by atoms with Crippen molar-refractivity contribution in [3.05, 3.63) is 27.2 Å². The molecule has 2 nitrogen and oxygen atoms in total. The molecule has 1 aliphatic heterocycles. The Morgan fingerprint density at radius 1 is 1.29 bits per heavy atom. The van der Waals surface area contributed by atoms with Crippen molar-refractivity contribution in [3.8, 4) is 5.75 Å². The van der Waals surface area contributed by atoms with Crippen molar-refractivity contribution in [1.29, 1.82) is 0 Å². The number of hydrogen-bond acceptors (Lipinski definition) is 2. The van der Waals surface area contributed by atoms with Crippen LogP contribution in [0.2, 0.25) is 0 Å². The Labute approximate surface area is 112 Å². The van der Waals surface area contributed by atoms with Crippen LogP contribution in [0, 0.1) is 13.8 Å². The van der Waals surface area contributed by atoms with E-state index in [1.54, 1.807) is 7.11 Å². The minimum Gasteiger partial charge on any atom is -0.495 e. The lowest BCUT2D eigenvalue weighted by molar-refractivity contribution is 0.388. The second-order valence-corrected chi connectivity index (χ2v) is 5.63. The van der Waals surface area contributed by atoms with Crippen LogP contribution in [-0.4, -0.2) is 20.2 Å². The summed E-state index contributed by atoms with van der Waals surface area (Å²) in [7, 11) is 1.76. The number of aryl methyl sites for hydroxylation is 1. The fourth-order valence-corrected chi connectivity index (χ4v) is 3.40. The molecular weight excluding hydrogens is 278 g/mol. The number of piperidine rings is 1. The van der Waals surface area contributed by atoms with Gasteiger partial charge in [0.05, 0.1) is 11.6 Å². The van der Waals surface area contributed by atoms with Gasteiger partial charge >= 0.3 is 0 Å². The third-order valence-electron chi connectivity index (χ3n) is 3.75. The molecule has 0 aliphatic carbocycles. The molecule has 0 spiro atoms. The molecular formula is C14H20BrNO. The van der Waals surface area contributed by atoms with Crippen molar-refractivity contribution < 1.29 is 4.74 Å². The average molecular weight is 298 g/mol. The lowest BCUT2D eigenvalue weighted by Gasteiger charge is -2.27. The first-order chi connectivity index (χ1) is 8.15. The summed E-state index contributed by atoms with van der Waals surface area (Å²) in [5, 5.41) is 3.42. The van der Waals surface area contributed by atoms with Crippen molar-refractivity contribution in [1.82, 2.24) is 5.32 Å². The molecule has 0 saturated carbocycles. The highest BCUT2D eigenvalue weighted by Crippen LogP contribution is 2.41. The Morgan fingerprint density at radius 2 is 1.94 bits per heavy atom. The first-order valence-corrected chi connectivity index (χ1v) is 6.98. The number of benzene rings is 1. The summed E-state index contributed by atoms with van der Waals surface area (Å²) in [4.78, 5) is 0. The third kappa shape index (κ3) is 2.50. The minimum absolute atomic E-state index is 0.627. The molecule has 0 aromatic heterocycles. The molecule has 0 bridgehead atoms. The lowest BCUT2D eigenvalue weighted by atomic mass is 9.85. The number of nitrogens with one attached hydrogen (secondary N) is 1. The molecule has 0 radical (unpaired) electrons. The predicted octanol–water partition coefficient (Wildman–Crippen LogP) is 3.54. The molecule has 0 amide bonds. The maximum atomic E-state index is 5.60. The van der Waals surface area contributed by atoms with E-state index in [4.69, 9.17) is 4.74 Å². The van der Waals surface area contributed by atoms with Crippen molar-refractivity contribution >= 4 is 15.9 Å². The van der Waals surface area contributed by atoms with E-state index < -0.39 is 0 Å². The minimum atomic E-state index is 0.627. The topological polar surface area (TPSA) is 21.3 Å². The summed E-state index contributed by atoms with van der Waals surface area (Å²) >= 11 is 3.62. The molecule has 1 heterocycles. The number of rotatable bonds is 2. The molecule has 94 valence electrons. The largest absolute Gasteiger partial charge is 0.495 e. The van der Waals surface area contributed by atoms with E-state index in [1.165, 1.54) is 29.5 Å². The maximum absolute atomic E-state index is 5.60. The summed E-state index contributed by atoms with van der Waals surface area (Å²) in [6.07, 6.45) is 2.40. The Kier molecular flexibility index (Phi) is 4.10. The van der Waals surface area contributed by atoms with Crippen molar-refractivity contribution in [2.24, 2.45) is 0 Å². The van der Waals surface area contributed by atoms with Gasteiger partial charge in [-0.15, -0.1) is 0 Å². The average Bonchev–Trinajstić information content (AvgIpc) is 2.34. The van der Waals surface area contributed by atoms with E-state index in [9.17, 15) is 0 Å². The van der Waals surface area contributed by atoms with Crippen LogP contribution in [0.3, 0.4) is 0 Å². The summed E-state index contributed by atoms with van der Waals surface area (Å²) in [5.74, 6) is 1.66. The molecule has 3 heteroatoms. The highest BCUT2D eigenvalue weighted by Gasteiger charge is 2.23. The number of halogens is 1. The Morgan fingerprint density at radius 3 is 2.53 bits per heavy atom. The van der Waals surface area contributed by atoms with Crippen LogP contribution in [0.1, 0.15) is 35.4 Å². The number of methoxy groups -OCH3 is 1. The zero-order valence-corrected chi connectivity index (χ0v) is 12.4. The Balaban J connectivity index is 2.48. The molecule has 1 fully saturated rings. The van der Waals surface area contributed by atoms with Gasteiger partial charge in [-0.25, -0.2) is 0 Å². The van der Waals surface area contributed by atoms with Crippen LogP contribution in [-0.2, 0) is 0 Å². The van der Waals surface area contributed by atoms with Crippen LogP contribution < -0.4 is 10.1 Å². The van der Waals surface area contributed by atoms with Gasteiger partial charge in [0.25, 0.3) is 0 Å². The van der Waals surface area contributed by atoms with Crippen LogP contribution in [0.4, 0.5) is 0 Å². The standard InChI is InChI=1S/C14H20BrNO/c1-9-8-12(15)14(17-3)13(10(9)2)11-4-6-16-7-5-11/h8,11,16H,4-7H2,1-3H3. The van der Waals surface area contributed by atoms with Gasteiger partial charge < -0.3 is 10.1 Å². The third-order valence-corrected chi connectivity index (χ3v) is 4.34. The van der Waals surface area contributed by atoms with Gasteiger partial charge in [-0.3, -0.25) is 0 Å².